The fraction of sp³-hybridized carbons (Fsp3) is 0.812. The van der Waals surface area contributed by atoms with E-state index in [0.717, 1.165) is 32.1 Å². The lowest BCUT2D eigenvalue weighted by molar-refractivity contribution is -0.290. The maximum Gasteiger partial charge on any atom is 0.417 e. The molecule has 0 aromatic heterocycles. The molecule has 4 aliphatic rings. The van der Waals surface area contributed by atoms with Crippen molar-refractivity contribution >= 4 is 9.84 Å². The van der Waals surface area contributed by atoms with Gasteiger partial charge in [0.15, 0.2) is 21.5 Å². The fourth-order valence-electron chi connectivity index (χ4n) is 10.1. The van der Waals surface area contributed by atoms with E-state index in [0.29, 0.717) is 31.1 Å². The SMILES string of the molecule is CC12CCC(O)(C(F)(F)F)CC1CCC1C2CCC2(C)C1CC[C@@H]2CCC(C[C@H](O)C(F)(F)F)S(=O)(=O)c1ccccc1. The van der Waals surface area contributed by atoms with E-state index in [4.69, 9.17) is 0 Å². The van der Waals surface area contributed by atoms with Crippen LogP contribution in [0.5, 0.6) is 0 Å². The van der Waals surface area contributed by atoms with Crippen LogP contribution in [0.4, 0.5) is 26.3 Å². The number of aliphatic hydroxyl groups excluding tert-OH is 1. The maximum atomic E-state index is 13.7. The van der Waals surface area contributed by atoms with E-state index < -0.39 is 45.6 Å². The van der Waals surface area contributed by atoms with Crippen LogP contribution in [0.2, 0.25) is 0 Å². The highest BCUT2D eigenvalue weighted by atomic mass is 32.2. The van der Waals surface area contributed by atoms with E-state index in [1.165, 1.54) is 24.3 Å². The maximum absolute atomic E-state index is 13.7. The first kappa shape index (κ1) is 33.0. The molecule has 2 N–H and O–H groups in total. The minimum Gasteiger partial charge on any atom is -0.384 e. The second-order valence-electron chi connectivity index (χ2n) is 14.6. The number of sulfone groups is 1. The molecule has 11 heteroatoms. The van der Waals surface area contributed by atoms with Crippen molar-refractivity contribution in [1.82, 2.24) is 0 Å². The van der Waals surface area contributed by atoms with Crippen LogP contribution in [0, 0.1) is 40.4 Å². The average molecular weight is 639 g/mol. The van der Waals surface area contributed by atoms with Crippen molar-refractivity contribution in [1.29, 1.82) is 0 Å². The van der Waals surface area contributed by atoms with Crippen LogP contribution in [-0.4, -0.2) is 47.9 Å². The van der Waals surface area contributed by atoms with Gasteiger partial charge in [0.2, 0.25) is 0 Å². The van der Waals surface area contributed by atoms with Gasteiger partial charge in [0.1, 0.15) is 0 Å². The number of benzene rings is 1. The lowest BCUT2D eigenvalue weighted by Crippen LogP contribution is -2.59. The Morgan fingerprint density at radius 3 is 2.16 bits per heavy atom. The molecular weight excluding hydrogens is 594 g/mol. The molecular formula is C32H44F6O4S. The van der Waals surface area contributed by atoms with Crippen LogP contribution in [0.3, 0.4) is 0 Å². The molecule has 1 aromatic carbocycles. The quantitative estimate of drug-likeness (QED) is 0.298. The third-order valence-electron chi connectivity index (χ3n) is 12.7. The predicted octanol–water partition coefficient (Wildman–Crippen LogP) is 7.87. The minimum atomic E-state index is -4.92. The summed E-state index contributed by atoms with van der Waals surface area (Å²) in [5, 5.41) is 18.9. The van der Waals surface area contributed by atoms with E-state index in [-0.39, 0.29) is 52.7 Å². The molecule has 0 bridgehead atoms. The average Bonchev–Trinajstić information content (AvgIpc) is 3.26. The number of halogens is 6. The zero-order chi connectivity index (χ0) is 31.6. The van der Waals surface area contributed by atoms with E-state index in [9.17, 15) is 45.0 Å². The smallest absolute Gasteiger partial charge is 0.384 e. The lowest BCUT2D eigenvalue weighted by atomic mass is 9.43. The van der Waals surface area contributed by atoms with Crippen LogP contribution in [0.1, 0.15) is 90.9 Å². The summed E-state index contributed by atoms with van der Waals surface area (Å²) in [6, 6.07) is 7.42. The van der Waals surface area contributed by atoms with Gasteiger partial charge in [-0.05, 0) is 130 Å². The second kappa shape index (κ2) is 11.2. The van der Waals surface area contributed by atoms with Crippen LogP contribution in [0.25, 0.3) is 0 Å². The first-order valence-corrected chi connectivity index (χ1v) is 17.2. The Balaban J connectivity index is 1.31. The van der Waals surface area contributed by atoms with Crippen LogP contribution in [0.15, 0.2) is 35.2 Å². The molecule has 0 radical (unpaired) electrons. The van der Waals surface area contributed by atoms with Crippen molar-refractivity contribution in [3.8, 4) is 0 Å². The van der Waals surface area contributed by atoms with Crippen LogP contribution < -0.4 is 0 Å². The monoisotopic (exact) mass is 638 g/mol. The highest BCUT2D eigenvalue weighted by Crippen LogP contribution is 2.69. The van der Waals surface area contributed by atoms with Gasteiger partial charge in [-0.25, -0.2) is 8.42 Å². The summed E-state index contributed by atoms with van der Waals surface area (Å²) >= 11 is 0. The van der Waals surface area contributed by atoms with Gasteiger partial charge in [0, 0.05) is 0 Å². The van der Waals surface area contributed by atoms with E-state index in [2.05, 4.69) is 13.8 Å². The molecule has 0 heterocycles. The number of hydrogen-bond acceptors (Lipinski definition) is 4. The van der Waals surface area contributed by atoms with Gasteiger partial charge in [0.05, 0.1) is 10.1 Å². The fourth-order valence-corrected chi connectivity index (χ4v) is 11.9. The highest BCUT2D eigenvalue weighted by Gasteiger charge is 2.65. The molecule has 0 aliphatic heterocycles. The molecule has 8 unspecified atom stereocenters. The molecule has 4 saturated carbocycles. The zero-order valence-electron chi connectivity index (χ0n) is 24.8. The van der Waals surface area contributed by atoms with Crippen molar-refractivity contribution in [2.45, 2.75) is 125 Å². The molecule has 0 amide bonds. The first-order valence-electron chi connectivity index (χ1n) is 15.7. The van der Waals surface area contributed by atoms with Crippen molar-refractivity contribution in [2.75, 3.05) is 0 Å². The molecule has 244 valence electrons. The number of fused-ring (bicyclic) bond motifs is 5. The number of aliphatic hydroxyl groups is 2. The van der Waals surface area contributed by atoms with Crippen LogP contribution in [-0.2, 0) is 9.84 Å². The summed E-state index contributed by atoms with van der Waals surface area (Å²) in [7, 11) is -4.12. The van der Waals surface area contributed by atoms with E-state index >= 15 is 0 Å². The Hall–Kier alpha value is -1.33. The summed E-state index contributed by atoms with van der Waals surface area (Å²) < 4.78 is 108. The standard InChI is InChI=1S/C32H44F6O4S/c1-28-15-14-26-24(12-9-21-19-30(40,32(36,37)38)17-16-29(21,26)2)25(28)13-10-20(28)8-11-23(18-27(39)31(33,34)35)43(41,42)22-6-4-3-5-7-22/h3-7,20-21,23-27,39-40H,8-19H2,1-2H3/t20-,21?,23?,24?,25?,26?,27-,28?,29?,30?/m0/s1. The Morgan fingerprint density at radius 2 is 1.53 bits per heavy atom. The molecule has 0 spiro atoms. The summed E-state index contributed by atoms with van der Waals surface area (Å²) in [5.74, 6) is 0.830. The van der Waals surface area contributed by atoms with Gasteiger partial charge < -0.3 is 10.2 Å². The zero-order valence-corrected chi connectivity index (χ0v) is 25.6. The van der Waals surface area contributed by atoms with Crippen molar-refractivity contribution in [2.24, 2.45) is 40.4 Å². The molecule has 10 atom stereocenters. The summed E-state index contributed by atoms with van der Waals surface area (Å²) in [4.78, 5) is -0.0553. The molecule has 4 aliphatic carbocycles. The molecule has 4 nitrogen and oxygen atoms in total. The third-order valence-corrected chi connectivity index (χ3v) is 14.9. The molecule has 1 aromatic rings. The predicted molar refractivity (Wildman–Crippen MR) is 150 cm³/mol. The van der Waals surface area contributed by atoms with Crippen molar-refractivity contribution in [3.63, 3.8) is 0 Å². The van der Waals surface area contributed by atoms with Gasteiger partial charge in [0.25, 0.3) is 0 Å². The lowest BCUT2D eigenvalue weighted by Gasteiger charge is -2.62. The number of hydrogen-bond donors (Lipinski definition) is 2. The summed E-state index contributed by atoms with van der Waals surface area (Å²) in [6.07, 6.45) is -8.07. The Bertz CT molecular complexity index is 1250. The largest absolute Gasteiger partial charge is 0.417 e. The Labute approximate surface area is 250 Å². The number of alkyl halides is 6. The van der Waals surface area contributed by atoms with Crippen molar-refractivity contribution in [3.05, 3.63) is 30.3 Å². The van der Waals surface area contributed by atoms with Gasteiger partial charge in [-0.2, -0.15) is 26.3 Å². The highest BCUT2D eigenvalue weighted by molar-refractivity contribution is 7.92. The topological polar surface area (TPSA) is 74.6 Å². The molecule has 5 rings (SSSR count). The summed E-state index contributed by atoms with van der Waals surface area (Å²) in [6.45, 7) is 4.33. The molecule has 4 fully saturated rings. The minimum absolute atomic E-state index is 0.0151. The Morgan fingerprint density at radius 1 is 0.884 bits per heavy atom. The summed E-state index contributed by atoms with van der Waals surface area (Å²) in [5.41, 5.74) is -3.03. The van der Waals surface area contributed by atoms with Gasteiger partial charge in [-0.3, -0.25) is 0 Å². The van der Waals surface area contributed by atoms with Gasteiger partial charge in [-0.1, -0.05) is 32.0 Å². The van der Waals surface area contributed by atoms with Gasteiger partial charge in [-0.15, -0.1) is 0 Å². The molecule has 43 heavy (non-hydrogen) atoms. The van der Waals surface area contributed by atoms with E-state index in [1.807, 2.05) is 0 Å². The second-order valence-corrected chi connectivity index (χ2v) is 16.8. The van der Waals surface area contributed by atoms with Crippen LogP contribution >= 0.6 is 0 Å². The Kier molecular flexibility index (Phi) is 8.59. The molecule has 0 saturated heterocycles. The first-order chi connectivity index (χ1) is 19.8. The van der Waals surface area contributed by atoms with Gasteiger partial charge >= 0.3 is 12.4 Å². The normalized spacial score (nSPS) is 39.8. The third kappa shape index (κ3) is 5.77. The number of rotatable bonds is 7. The van der Waals surface area contributed by atoms with E-state index in [1.54, 1.807) is 6.07 Å². The van der Waals surface area contributed by atoms with Crippen molar-refractivity contribution < 1.29 is 45.0 Å².